The van der Waals surface area contributed by atoms with E-state index in [9.17, 15) is 0 Å². The van der Waals surface area contributed by atoms with Crippen LogP contribution in [0.3, 0.4) is 0 Å². The van der Waals surface area contributed by atoms with Gasteiger partial charge in [0, 0.05) is 11.4 Å². The van der Waals surface area contributed by atoms with Gasteiger partial charge < -0.3 is 15.2 Å². The highest BCUT2D eigenvalue weighted by Gasteiger charge is 2.26. The molecule has 4 heteroatoms. The Labute approximate surface area is 94.1 Å². The molecule has 2 N–H and O–H groups in total. The highest BCUT2D eigenvalue weighted by atomic mass is 35.5. The zero-order valence-electron chi connectivity index (χ0n) is 8.36. The van der Waals surface area contributed by atoms with Crippen molar-refractivity contribution >= 4 is 11.6 Å². The fourth-order valence-electron chi connectivity index (χ4n) is 1.60. The number of halogens is 1. The third kappa shape index (κ3) is 2.69. The Morgan fingerprint density at radius 3 is 2.73 bits per heavy atom. The SMILES string of the molecule is NCCC1OCC(c2ccc(Cl)cc2)O1. The molecule has 2 atom stereocenters. The summed E-state index contributed by atoms with van der Waals surface area (Å²) in [5.74, 6) is 0. The minimum absolute atomic E-state index is 0.0128. The highest BCUT2D eigenvalue weighted by molar-refractivity contribution is 6.30. The number of hydrogen-bond donors (Lipinski definition) is 1. The third-order valence-corrected chi connectivity index (χ3v) is 2.65. The molecule has 0 bridgehead atoms. The van der Waals surface area contributed by atoms with E-state index in [1.165, 1.54) is 0 Å². The van der Waals surface area contributed by atoms with Gasteiger partial charge in [-0.15, -0.1) is 0 Å². The molecular formula is C11H14ClNO2. The van der Waals surface area contributed by atoms with Crippen LogP contribution in [0.4, 0.5) is 0 Å². The Morgan fingerprint density at radius 1 is 1.33 bits per heavy atom. The van der Waals surface area contributed by atoms with Gasteiger partial charge in [-0.05, 0) is 24.2 Å². The van der Waals surface area contributed by atoms with Crippen LogP contribution in [0.2, 0.25) is 5.02 Å². The second kappa shape index (κ2) is 4.94. The molecule has 0 aromatic heterocycles. The first kappa shape index (κ1) is 10.9. The Kier molecular flexibility index (Phi) is 3.59. The summed E-state index contributed by atoms with van der Waals surface area (Å²) >= 11 is 5.81. The fraction of sp³-hybridized carbons (Fsp3) is 0.455. The van der Waals surface area contributed by atoms with Crippen LogP contribution in [0.5, 0.6) is 0 Å². The molecule has 0 saturated carbocycles. The van der Waals surface area contributed by atoms with Crippen LogP contribution in [-0.4, -0.2) is 19.4 Å². The quantitative estimate of drug-likeness (QED) is 0.860. The predicted octanol–water partition coefficient (Wildman–Crippen LogP) is 2.10. The first-order chi connectivity index (χ1) is 7.29. The van der Waals surface area contributed by atoms with E-state index in [1.807, 2.05) is 24.3 Å². The van der Waals surface area contributed by atoms with E-state index in [2.05, 4.69) is 0 Å². The van der Waals surface area contributed by atoms with Crippen molar-refractivity contribution in [1.82, 2.24) is 0 Å². The maximum absolute atomic E-state index is 5.81. The summed E-state index contributed by atoms with van der Waals surface area (Å²) in [6, 6.07) is 7.63. The third-order valence-electron chi connectivity index (χ3n) is 2.39. The van der Waals surface area contributed by atoms with Crippen LogP contribution in [-0.2, 0) is 9.47 Å². The molecule has 1 saturated heterocycles. The molecule has 0 spiro atoms. The Hall–Kier alpha value is -0.610. The lowest BCUT2D eigenvalue weighted by Gasteiger charge is -2.10. The summed E-state index contributed by atoms with van der Waals surface area (Å²) in [5.41, 5.74) is 6.53. The van der Waals surface area contributed by atoms with Crippen molar-refractivity contribution in [3.05, 3.63) is 34.9 Å². The molecule has 1 aromatic carbocycles. The second-order valence-electron chi connectivity index (χ2n) is 3.52. The lowest BCUT2D eigenvalue weighted by Crippen LogP contribution is -2.14. The summed E-state index contributed by atoms with van der Waals surface area (Å²) < 4.78 is 11.1. The Morgan fingerprint density at radius 2 is 2.07 bits per heavy atom. The molecular weight excluding hydrogens is 214 g/mol. The van der Waals surface area contributed by atoms with Gasteiger partial charge in [0.15, 0.2) is 6.29 Å². The van der Waals surface area contributed by atoms with E-state index in [1.54, 1.807) is 0 Å². The fourth-order valence-corrected chi connectivity index (χ4v) is 1.72. The molecule has 1 aliphatic heterocycles. The maximum Gasteiger partial charge on any atom is 0.159 e. The molecule has 1 fully saturated rings. The molecule has 2 unspecified atom stereocenters. The molecule has 15 heavy (non-hydrogen) atoms. The van der Waals surface area contributed by atoms with E-state index in [4.69, 9.17) is 26.8 Å². The van der Waals surface area contributed by atoms with Crippen LogP contribution in [0.1, 0.15) is 18.1 Å². The number of hydrogen-bond acceptors (Lipinski definition) is 3. The molecule has 1 aromatic rings. The minimum Gasteiger partial charge on any atom is -0.350 e. The first-order valence-corrected chi connectivity index (χ1v) is 5.40. The summed E-state index contributed by atoms with van der Waals surface area (Å²) in [6.45, 7) is 1.17. The van der Waals surface area contributed by atoms with E-state index in [0.29, 0.717) is 13.2 Å². The van der Waals surface area contributed by atoms with Crippen LogP contribution >= 0.6 is 11.6 Å². The van der Waals surface area contributed by atoms with Crippen LogP contribution in [0.15, 0.2) is 24.3 Å². The number of nitrogens with two attached hydrogens (primary N) is 1. The summed E-state index contributed by atoms with van der Waals surface area (Å²) in [4.78, 5) is 0. The summed E-state index contributed by atoms with van der Waals surface area (Å²) in [6.07, 6.45) is 0.596. The Bertz CT molecular complexity index is 315. The van der Waals surface area contributed by atoms with Gasteiger partial charge in [0.2, 0.25) is 0 Å². The minimum atomic E-state index is -0.157. The number of rotatable bonds is 3. The van der Waals surface area contributed by atoms with Crippen LogP contribution in [0.25, 0.3) is 0 Å². The van der Waals surface area contributed by atoms with E-state index >= 15 is 0 Å². The van der Waals surface area contributed by atoms with Gasteiger partial charge >= 0.3 is 0 Å². The average molecular weight is 228 g/mol. The molecule has 3 nitrogen and oxygen atoms in total. The summed E-state index contributed by atoms with van der Waals surface area (Å²) in [7, 11) is 0. The van der Waals surface area contributed by atoms with Crippen molar-refractivity contribution in [2.24, 2.45) is 5.73 Å². The lowest BCUT2D eigenvalue weighted by atomic mass is 10.1. The average Bonchev–Trinajstić information content (AvgIpc) is 2.68. The van der Waals surface area contributed by atoms with Gasteiger partial charge in [-0.1, -0.05) is 23.7 Å². The van der Waals surface area contributed by atoms with E-state index < -0.39 is 0 Å². The van der Waals surface area contributed by atoms with Crippen LogP contribution < -0.4 is 5.73 Å². The monoisotopic (exact) mass is 227 g/mol. The van der Waals surface area contributed by atoms with Gasteiger partial charge in [-0.25, -0.2) is 0 Å². The van der Waals surface area contributed by atoms with Gasteiger partial charge in [0.1, 0.15) is 6.10 Å². The molecule has 1 heterocycles. The zero-order chi connectivity index (χ0) is 10.7. The van der Waals surface area contributed by atoms with Gasteiger partial charge in [-0.3, -0.25) is 0 Å². The standard InChI is InChI=1S/C11H14ClNO2/c12-9-3-1-8(2-4-9)10-7-14-11(15-10)5-6-13/h1-4,10-11H,5-7,13H2. The normalized spacial score (nSPS) is 25.7. The topological polar surface area (TPSA) is 44.5 Å². The predicted molar refractivity (Wildman–Crippen MR) is 58.7 cm³/mol. The molecule has 2 rings (SSSR count). The van der Waals surface area contributed by atoms with Gasteiger partial charge in [0.05, 0.1) is 6.61 Å². The molecule has 1 aliphatic rings. The molecule has 0 amide bonds. The summed E-state index contributed by atoms with van der Waals surface area (Å²) in [5, 5.41) is 0.733. The molecule has 82 valence electrons. The number of benzene rings is 1. The van der Waals surface area contributed by atoms with Crippen molar-refractivity contribution in [2.75, 3.05) is 13.2 Å². The van der Waals surface area contributed by atoms with E-state index in [0.717, 1.165) is 17.0 Å². The smallest absolute Gasteiger partial charge is 0.159 e. The van der Waals surface area contributed by atoms with Gasteiger partial charge in [-0.2, -0.15) is 0 Å². The second-order valence-corrected chi connectivity index (χ2v) is 3.95. The van der Waals surface area contributed by atoms with Crippen LogP contribution in [0, 0.1) is 0 Å². The number of ether oxygens (including phenoxy) is 2. The first-order valence-electron chi connectivity index (χ1n) is 5.02. The zero-order valence-corrected chi connectivity index (χ0v) is 9.11. The lowest BCUT2D eigenvalue weighted by molar-refractivity contribution is -0.0606. The maximum atomic E-state index is 5.81. The van der Waals surface area contributed by atoms with Crippen molar-refractivity contribution in [1.29, 1.82) is 0 Å². The molecule has 0 radical (unpaired) electrons. The van der Waals surface area contributed by atoms with Crippen molar-refractivity contribution in [3.8, 4) is 0 Å². The largest absolute Gasteiger partial charge is 0.350 e. The van der Waals surface area contributed by atoms with Gasteiger partial charge in [0.25, 0.3) is 0 Å². The van der Waals surface area contributed by atoms with Crippen molar-refractivity contribution in [2.45, 2.75) is 18.8 Å². The molecule has 0 aliphatic carbocycles. The van der Waals surface area contributed by atoms with Crippen molar-refractivity contribution in [3.63, 3.8) is 0 Å². The highest BCUT2D eigenvalue weighted by Crippen LogP contribution is 2.28. The Balaban J connectivity index is 1.98. The van der Waals surface area contributed by atoms with E-state index in [-0.39, 0.29) is 12.4 Å². The van der Waals surface area contributed by atoms with Crippen molar-refractivity contribution < 1.29 is 9.47 Å².